The van der Waals surface area contributed by atoms with E-state index in [1.165, 1.54) is 4.57 Å². The van der Waals surface area contributed by atoms with Crippen LogP contribution < -0.4 is 15.6 Å². The molecule has 0 saturated carbocycles. The molecule has 0 bridgehead atoms. The van der Waals surface area contributed by atoms with Gasteiger partial charge in [-0.1, -0.05) is 0 Å². The molecule has 1 aromatic carbocycles. The quantitative estimate of drug-likeness (QED) is 0.366. The van der Waals surface area contributed by atoms with Crippen molar-refractivity contribution in [2.75, 3.05) is 39.4 Å². The van der Waals surface area contributed by atoms with Crippen molar-refractivity contribution in [3.63, 3.8) is 0 Å². The zero-order valence-electron chi connectivity index (χ0n) is 17.3. The van der Waals surface area contributed by atoms with Crippen molar-refractivity contribution < 1.29 is 19.0 Å². The minimum Gasteiger partial charge on any atom is -0.474 e. The number of amides is 1. The van der Waals surface area contributed by atoms with Crippen LogP contribution in [0.25, 0.3) is 10.9 Å². The Bertz CT molecular complexity index is 1170. The number of benzene rings is 1. The van der Waals surface area contributed by atoms with Crippen molar-refractivity contribution in [1.82, 2.24) is 14.5 Å². The van der Waals surface area contributed by atoms with Gasteiger partial charge in [-0.25, -0.2) is 4.98 Å². The van der Waals surface area contributed by atoms with Crippen LogP contribution in [0, 0.1) is 4.77 Å². The molecule has 2 N–H and O–H groups in total. The average molecular weight is 445 g/mol. The van der Waals surface area contributed by atoms with Gasteiger partial charge in [0.2, 0.25) is 5.88 Å². The van der Waals surface area contributed by atoms with Gasteiger partial charge in [-0.05, 0) is 49.0 Å². The summed E-state index contributed by atoms with van der Waals surface area (Å²) in [7, 11) is 3.18. The molecule has 0 radical (unpaired) electrons. The summed E-state index contributed by atoms with van der Waals surface area (Å²) in [6.45, 7) is 1.69. The lowest BCUT2D eigenvalue weighted by molar-refractivity contribution is 0.102. The number of methoxy groups -OCH3 is 2. The standard InChI is InChI=1S/C21H24N4O5S/c1-28-10-4-9-25-20(27)15-7-6-14(13-17(15)24-21(25)31)18(26)23-16-5-3-8-22-19(16)30-12-11-29-2/h3,5-8,13H,4,9-12H2,1-2H3,(H,23,26)(H,24,31). The molecule has 0 aliphatic carbocycles. The van der Waals surface area contributed by atoms with Crippen molar-refractivity contribution in [3.8, 4) is 5.88 Å². The van der Waals surface area contributed by atoms with Crippen LogP contribution in [0.2, 0.25) is 0 Å². The number of rotatable bonds is 10. The van der Waals surface area contributed by atoms with Gasteiger partial charge in [0.05, 0.1) is 17.5 Å². The highest BCUT2D eigenvalue weighted by molar-refractivity contribution is 7.71. The van der Waals surface area contributed by atoms with Gasteiger partial charge < -0.3 is 24.5 Å². The van der Waals surface area contributed by atoms with Crippen LogP contribution >= 0.6 is 12.2 Å². The molecule has 0 aliphatic rings. The number of carbonyl (C=O) groups excluding carboxylic acids is 1. The third kappa shape index (κ3) is 5.54. The Balaban J connectivity index is 1.84. The number of hydrogen-bond acceptors (Lipinski definition) is 7. The normalized spacial score (nSPS) is 10.9. The first kappa shape index (κ1) is 22.6. The molecule has 10 heteroatoms. The Labute approximate surface area is 184 Å². The number of nitrogens with one attached hydrogen (secondary N) is 2. The zero-order valence-corrected chi connectivity index (χ0v) is 18.2. The predicted molar refractivity (Wildman–Crippen MR) is 119 cm³/mol. The molecule has 0 saturated heterocycles. The maximum atomic E-state index is 12.8. The lowest BCUT2D eigenvalue weighted by atomic mass is 10.1. The minimum absolute atomic E-state index is 0.206. The second-order valence-corrected chi connectivity index (χ2v) is 7.03. The third-order valence-corrected chi connectivity index (χ3v) is 4.84. The van der Waals surface area contributed by atoms with Gasteiger partial charge in [0.1, 0.15) is 12.3 Å². The summed E-state index contributed by atoms with van der Waals surface area (Å²) in [5.41, 5.74) is 1.09. The number of pyridine rings is 1. The SMILES string of the molecule is COCCCn1c(=S)[nH]c2cc(C(=O)Nc3cccnc3OCCOC)ccc2c1=O. The van der Waals surface area contributed by atoms with Crippen LogP contribution in [-0.2, 0) is 16.0 Å². The number of hydrogen-bond donors (Lipinski definition) is 2. The van der Waals surface area contributed by atoms with Crippen LogP contribution in [0.3, 0.4) is 0 Å². The largest absolute Gasteiger partial charge is 0.474 e. The van der Waals surface area contributed by atoms with E-state index in [1.807, 2.05) is 0 Å². The molecule has 164 valence electrons. The van der Waals surface area contributed by atoms with E-state index in [0.29, 0.717) is 65.6 Å². The summed E-state index contributed by atoms with van der Waals surface area (Å²) in [6, 6.07) is 8.20. The Morgan fingerprint density at radius 2 is 2.00 bits per heavy atom. The lowest BCUT2D eigenvalue weighted by Crippen LogP contribution is -2.23. The molecule has 3 aromatic rings. The summed E-state index contributed by atoms with van der Waals surface area (Å²) in [6.07, 6.45) is 2.24. The Morgan fingerprint density at radius 3 is 2.77 bits per heavy atom. The average Bonchev–Trinajstić information content (AvgIpc) is 2.77. The molecule has 2 heterocycles. The molecule has 0 aliphatic heterocycles. The topological polar surface area (TPSA) is 107 Å². The number of nitrogens with zero attached hydrogens (tertiary/aromatic N) is 2. The van der Waals surface area contributed by atoms with Gasteiger partial charge >= 0.3 is 0 Å². The second-order valence-electron chi connectivity index (χ2n) is 6.65. The molecule has 31 heavy (non-hydrogen) atoms. The molecular weight excluding hydrogens is 420 g/mol. The van der Waals surface area contributed by atoms with E-state index in [4.69, 9.17) is 26.4 Å². The van der Waals surface area contributed by atoms with Gasteiger partial charge in [0.25, 0.3) is 11.5 Å². The zero-order chi connectivity index (χ0) is 22.2. The lowest BCUT2D eigenvalue weighted by Gasteiger charge is -2.12. The van der Waals surface area contributed by atoms with E-state index in [0.717, 1.165) is 0 Å². The van der Waals surface area contributed by atoms with Crippen molar-refractivity contribution in [1.29, 1.82) is 0 Å². The molecule has 1 amide bonds. The first-order valence-electron chi connectivity index (χ1n) is 9.69. The fourth-order valence-corrected chi connectivity index (χ4v) is 3.27. The first-order chi connectivity index (χ1) is 15.0. The fraction of sp³-hybridized carbons (Fsp3) is 0.333. The summed E-state index contributed by atoms with van der Waals surface area (Å²) in [5.74, 6) is -0.0675. The van der Waals surface area contributed by atoms with Gasteiger partial charge in [-0.2, -0.15) is 0 Å². The van der Waals surface area contributed by atoms with E-state index in [1.54, 1.807) is 50.7 Å². The molecule has 9 nitrogen and oxygen atoms in total. The van der Waals surface area contributed by atoms with E-state index in [-0.39, 0.29) is 11.5 Å². The predicted octanol–water partition coefficient (Wildman–Crippen LogP) is 2.77. The number of fused-ring (bicyclic) bond motifs is 1. The fourth-order valence-electron chi connectivity index (χ4n) is 2.98. The van der Waals surface area contributed by atoms with Crippen LogP contribution in [0.1, 0.15) is 16.8 Å². The van der Waals surface area contributed by atoms with Crippen molar-refractivity contribution in [2.24, 2.45) is 0 Å². The summed E-state index contributed by atoms with van der Waals surface area (Å²) >= 11 is 5.33. The number of aromatic amines is 1. The minimum atomic E-state index is -0.366. The van der Waals surface area contributed by atoms with Gasteiger partial charge in [0.15, 0.2) is 4.77 Å². The van der Waals surface area contributed by atoms with Crippen molar-refractivity contribution >= 4 is 34.7 Å². The van der Waals surface area contributed by atoms with E-state index < -0.39 is 0 Å². The smallest absolute Gasteiger partial charge is 0.262 e. The summed E-state index contributed by atoms with van der Waals surface area (Å²) in [5, 5.41) is 3.24. The van der Waals surface area contributed by atoms with E-state index in [2.05, 4.69) is 15.3 Å². The molecule has 0 fully saturated rings. The number of carbonyl (C=O) groups is 1. The van der Waals surface area contributed by atoms with Crippen LogP contribution in [0.4, 0.5) is 5.69 Å². The maximum Gasteiger partial charge on any atom is 0.262 e. The third-order valence-electron chi connectivity index (χ3n) is 4.52. The van der Waals surface area contributed by atoms with Crippen molar-refractivity contribution in [3.05, 3.63) is 57.2 Å². The number of ether oxygens (including phenoxy) is 3. The van der Waals surface area contributed by atoms with E-state index in [9.17, 15) is 9.59 Å². The monoisotopic (exact) mass is 444 g/mol. The molecule has 0 atom stereocenters. The van der Waals surface area contributed by atoms with Crippen molar-refractivity contribution in [2.45, 2.75) is 13.0 Å². The number of H-pyrrole nitrogens is 1. The summed E-state index contributed by atoms with van der Waals surface area (Å²) in [4.78, 5) is 32.8. The summed E-state index contributed by atoms with van der Waals surface area (Å²) < 4.78 is 17.3. The van der Waals surface area contributed by atoms with E-state index >= 15 is 0 Å². The Hall–Kier alpha value is -3.08. The van der Waals surface area contributed by atoms with Gasteiger partial charge in [-0.15, -0.1) is 0 Å². The molecule has 3 rings (SSSR count). The highest BCUT2D eigenvalue weighted by Crippen LogP contribution is 2.22. The number of anilines is 1. The second kappa shape index (κ2) is 10.8. The van der Waals surface area contributed by atoms with Gasteiger partial charge in [0, 0.05) is 39.1 Å². The highest BCUT2D eigenvalue weighted by atomic mass is 32.1. The first-order valence-corrected chi connectivity index (χ1v) is 10.1. The van der Waals surface area contributed by atoms with Crippen LogP contribution in [0.15, 0.2) is 41.3 Å². The Morgan fingerprint density at radius 1 is 1.19 bits per heavy atom. The number of aromatic nitrogens is 3. The molecule has 0 spiro atoms. The Kier molecular flexibility index (Phi) is 7.88. The molecule has 0 unspecified atom stereocenters. The molecular formula is C21H24N4O5S. The van der Waals surface area contributed by atoms with Crippen LogP contribution in [0.5, 0.6) is 5.88 Å². The highest BCUT2D eigenvalue weighted by Gasteiger charge is 2.13. The molecule has 2 aromatic heterocycles. The maximum absolute atomic E-state index is 12.8. The van der Waals surface area contributed by atoms with Crippen LogP contribution in [-0.4, -0.2) is 54.5 Å². The van der Waals surface area contributed by atoms with Gasteiger partial charge in [-0.3, -0.25) is 14.2 Å².